The molecule has 0 aliphatic carbocycles. The van der Waals surface area contributed by atoms with Gasteiger partial charge in [-0.25, -0.2) is 0 Å². The summed E-state index contributed by atoms with van der Waals surface area (Å²) in [6.07, 6.45) is 3.10. The second kappa shape index (κ2) is 5.31. The quantitative estimate of drug-likeness (QED) is 0.492. The first kappa shape index (κ1) is 13.4. The maximum absolute atomic E-state index is 11.2. The van der Waals surface area contributed by atoms with E-state index in [2.05, 4.69) is 21.0 Å². The molecular formula is C12H10BrN3O3. The average Bonchev–Trinajstić information content (AvgIpc) is 2.80. The van der Waals surface area contributed by atoms with Crippen molar-refractivity contribution in [1.82, 2.24) is 9.78 Å². The molecule has 0 aliphatic rings. The zero-order valence-electron chi connectivity index (χ0n) is 10.0. The Bertz CT molecular complexity index is 651. The van der Waals surface area contributed by atoms with Crippen LogP contribution < -0.4 is 0 Å². The van der Waals surface area contributed by atoms with E-state index in [1.807, 2.05) is 0 Å². The second-order valence-corrected chi connectivity index (χ2v) is 4.78. The van der Waals surface area contributed by atoms with Crippen LogP contribution in [-0.4, -0.2) is 20.5 Å². The van der Waals surface area contributed by atoms with E-state index in [1.165, 1.54) is 19.2 Å². The van der Waals surface area contributed by atoms with Gasteiger partial charge in [0.25, 0.3) is 5.69 Å². The van der Waals surface area contributed by atoms with E-state index in [9.17, 15) is 14.9 Å². The zero-order chi connectivity index (χ0) is 14.0. The number of carbonyl (C=O) groups excluding carboxylic acids is 1. The fourth-order valence-corrected chi connectivity index (χ4v) is 2.17. The molecular weight excluding hydrogens is 314 g/mol. The van der Waals surface area contributed by atoms with Gasteiger partial charge in [-0.2, -0.15) is 5.10 Å². The molecule has 19 heavy (non-hydrogen) atoms. The number of carbonyl (C=O) groups is 1. The van der Waals surface area contributed by atoms with Crippen LogP contribution in [-0.2, 0) is 6.54 Å². The number of hydrogen-bond acceptors (Lipinski definition) is 4. The van der Waals surface area contributed by atoms with Crippen LogP contribution in [0, 0.1) is 10.1 Å². The SMILES string of the molecule is CC(=O)c1cnn(Cc2cccc([N+](=O)[O-])c2Br)c1. The molecule has 1 aromatic carbocycles. The van der Waals surface area contributed by atoms with Crippen molar-refractivity contribution in [2.24, 2.45) is 0 Å². The third-order valence-electron chi connectivity index (χ3n) is 2.63. The third kappa shape index (κ3) is 2.87. The highest BCUT2D eigenvalue weighted by Gasteiger charge is 2.15. The lowest BCUT2D eigenvalue weighted by molar-refractivity contribution is -0.385. The Morgan fingerprint density at radius 3 is 2.84 bits per heavy atom. The first-order valence-electron chi connectivity index (χ1n) is 5.44. The summed E-state index contributed by atoms with van der Waals surface area (Å²) in [5.74, 6) is -0.0654. The largest absolute Gasteiger partial charge is 0.294 e. The van der Waals surface area contributed by atoms with Crippen molar-refractivity contribution in [3.05, 3.63) is 56.3 Å². The molecule has 7 heteroatoms. The van der Waals surface area contributed by atoms with Crippen molar-refractivity contribution in [3.8, 4) is 0 Å². The summed E-state index contributed by atoms with van der Waals surface area (Å²) in [5, 5.41) is 14.9. The van der Waals surface area contributed by atoms with Crippen molar-refractivity contribution < 1.29 is 9.72 Å². The molecule has 0 amide bonds. The Labute approximate surface area is 117 Å². The Balaban J connectivity index is 2.30. The summed E-state index contributed by atoms with van der Waals surface area (Å²) in [5.41, 5.74) is 1.26. The molecule has 98 valence electrons. The molecule has 0 aliphatic heterocycles. The van der Waals surface area contributed by atoms with E-state index in [-0.39, 0.29) is 11.5 Å². The fourth-order valence-electron chi connectivity index (χ4n) is 1.64. The number of nitrogens with zero attached hydrogens (tertiary/aromatic N) is 3. The van der Waals surface area contributed by atoms with Gasteiger partial charge in [-0.05, 0) is 28.4 Å². The summed E-state index contributed by atoms with van der Waals surface area (Å²) >= 11 is 3.23. The Morgan fingerprint density at radius 2 is 2.26 bits per heavy atom. The molecule has 0 radical (unpaired) electrons. The predicted molar refractivity (Wildman–Crippen MR) is 72.1 cm³/mol. The van der Waals surface area contributed by atoms with Gasteiger partial charge in [-0.1, -0.05) is 12.1 Å². The molecule has 2 rings (SSSR count). The molecule has 0 spiro atoms. The van der Waals surface area contributed by atoms with Gasteiger partial charge < -0.3 is 0 Å². The molecule has 0 fully saturated rings. The normalized spacial score (nSPS) is 10.4. The van der Waals surface area contributed by atoms with Gasteiger partial charge in [0.15, 0.2) is 5.78 Å². The molecule has 0 saturated heterocycles. The van der Waals surface area contributed by atoms with Gasteiger partial charge in [0, 0.05) is 12.3 Å². The van der Waals surface area contributed by atoms with Gasteiger partial charge >= 0.3 is 0 Å². The molecule has 6 nitrogen and oxygen atoms in total. The Hall–Kier alpha value is -2.02. The first-order valence-corrected chi connectivity index (χ1v) is 6.23. The lowest BCUT2D eigenvalue weighted by atomic mass is 10.2. The van der Waals surface area contributed by atoms with Gasteiger partial charge in [0.2, 0.25) is 0 Å². The number of Topliss-reactive ketones (excluding diaryl/α,β-unsaturated/α-hetero) is 1. The summed E-state index contributed by atoms with van der Waals surface area (Å²) in [6.45, 7) is 1.82. The number of benzene rings is 1. The van der Waals surface area contributed by atoms with Gasteiger partial charge in [-0.15, -0.1) is 0 Å². The fraction of sp³-hybridized carbons (Fsp3) is 0.167. The molecule has 2 aromatic rings. The minimum absolute atomic E-state index is 0.0106. The predicted octanol–water partition coefficient (Wildman–Crippen LogP) is 2.80. The summed E-state index contributed by atoms with van der Waals surface area (Å²) in [7, 11) is 0. The Kier molecular flexibility index (Phi) is 3.75. The molecule has 0 unspecified atom stereocenters. The average molecular weight is 324 g/mol. The van der Waals surface area contributed by atoms with Crippen LogP contribution in [0.15, 0.2) is 35.1 Å². The van der Waals surface area contributed by atoms with Crippen LogP contribution in [0.1, 0.15) is 22.8 Å². The number of nitro benzene ring substituents is 1. The van der Waals surface area contributed by atoms with Gasteiger partial charge in [-0.3, -0.25) is 19.6 Å². The van der Waals surface area contributed by atoms with E-state index in [0.29, 0.717) is 16.6 Å². The number of halogens is 1. The zero-order valence-corrected chi connectivity index (χ0v) is 11.6. The van der Waals surface area contributed by atoms with E-state index >= 15 is 0 Å². The van der Waals surface area contributed by atoms with Crippen LogP contribution in [0.25, 0.3) is 0 Å². The summed E-state index contributed by atoms with van der Waals surface area (Å²) in [6, 6.07) is 4.82. The number of ketones is 1. The van der Waals surface area contributed by atoms with Crippen LogP contribution in [0.3, 0.4) is 0 Å². The second-order valence-electron chi connectivity index (χ2n) is 3.99. The van der Waals surface area contributed by atoms with Gasteiger partial charge in [0.05, 0.1) is 23.2 Å². The van der Waals surface area contributed by atoms with Crippen LogP contribution in [0.2, 0.25) is 0 Å². The van der Waals surface area contributed by atoms with Crippen molar-refractivity contribution in [2.45, 2.75) is 13.5 Å². The summed E-state index contributed by atoms with van der Waals surface area (Å²) < 4.78 is 2.00. The number of nitro groups is 1. The number of rotatable bonds is 4. The van der Waals surface area contributed by atoms with Crippen molar-refractivity contribution in [3.63, 3.8) is 0 Å². The highest BCUT2D eigenvalue weighted by Crippen LogP contribution is 2.28. The van der Waals surface area contributed by atoms with E-state index in [4.69, 9.17) is 0 Å². The molecule has 0 N–H and O–H groups in total. The van der Waals surface area contributed by atoms with Crippen LogP contribution >= 0.6 is 15.9 Å². The van der Waals surface area contributed by atoms with Crippen molar-refractivity contribution in [2.75, 3.05) is 0 Å². The minimum atomic E-state index is -0.447. The lowest BCUT2D eigenvalue weighted by Crippen LogP contribution is -2.02. The maximum Gasteiger partial charge on any atom is 0.283 e. The molecule has 1 heterocycles. The molecule has 1 aromatic heterocycles. The van der Waals surface area contributed by atoms with Gasteiger partial charge in [0.1, 0.15) is 4.47 Å². The molecule has 0 atom stereocenters. The molecule has 0 bridgehead atoms. The maximum atomic E-state index is 11.2. The topological polar surface area (TPSA) is 78.0 Å². The first-order chi connectivity index (χ1) is 8.99. The van der Waals surface area contributed by atoms with Crippen molar-refractivity contribution in [1.29, 1.82) is 0 Å². The van der Waals surface area contributed by atoms with E-state index < -0.39 is 4.92 Å². The highest BCUT2D eigenvalue weighted by atomic mass is 79.9. The minimum Gasteiger partial charge on any atom is -0.294 e. The molecule has 0 saturated carbocycles. The van der Waals surface area contributed by atoms with Crippen LogP contribution in [0.5, 0.6) is 0 Å². The third-order valence-corrected chi connectivity index (χ3v) is 3.54. The lowest BCUT2D eigenvalue weighted by Gasteiger charge is -2.05. The van der Waals surface area contributed by atoms with Crippen molar-refractivity contribution >= 4 is 27.4 Å². The smallest absolute Gasteiger partial charge is 0.283 e. The van der Waals surface area contributed by atoms with E-state index in [0.717, 1.165) is 5.56 Å². The summed E-state index contributed by atoms with van der Waals surface area (Å²) in [4.78, 5) is 21.6. The monoisotopic (exact) mass is 323 g/mol. The standard InChI is InChI=1S/C12H10BrN3O3/c1-8(17)10-5-14-15(7-10)6-9-3-2-4-11(12(9)13)16(18)19/h2-5,7H,6H2,1H3. The number of aromatic nitrogens is 2. The number of hydrogen-bond donors (Lipinski definition) is 0. The highest BCUT2D eigenvalue weighted by molar-refractivity contribution is 9.10. The Morgan fingerprint density at radius 1 is 1.53 bits per heavy atom. The van der Waals surface area contributed by atoms with Crippen LogP contribution in [0.4, 0.5) is 5.69 Å². The van der Waals surface area contributed by atoms with E-state index in [1.54, 1.807) is 23.0 Å².